The molecule has 70 heavy (non-hydrogen) atoms. The topological polar surface area (TPSA) is 213 Å². The molecule has 3 aliphatic rings. The molecular weight excluding hydrogens is 932 g/mol. The van der Waals surface area contributed by atoms with E-state index in [0.717, 1.165) is 61.5 Å². The summed E-state index contributed by atoms with van der Waals surface area (Å²) in [7, 11) is 1.84. The van der Waals surface area contributed by atoms with Gasteiger partial charge in [0.1, 0.15) is 17.1 Å². The van der Waals surface area contributed by atoms with Gasteiger partial charge in [0.15, 0.2) is 10.7 Å². The third kappa shape index (κ3) is 10.1. The summed E-state index contributed by atoms with van der Waals surface area (Å²) in [5.74, 6) is -2.10. The summed E-state index contributed by atoms with van der Waals surface area (Å²) >= 11 is 3.05. The van der Waals surface area contributed by atoms with Crippen LogP contribution in [0.1, 0.15) is 100 Å². The van der Waals surface area contributed by atoms with Gasteiger partial charge in [0.25, 0.3) is 5.91 Å². The van der Waals surface area contributed by atoms with Gasteiger partial charge in [-0.1, -0.05) is 56.4 Å². The minimum Gasteiger partial charge on any atom is -0.391 e. The zero-order chi connectivity index (χ0) is 49.5. The fourth-order valence-corrected chi connectivity index (χ4v) is 11.2. The number of likely N-dealkylation sites (tertiary alicyclic amines) is 1. The fraction of sp³-hybridized carbons (Fsp3) is 0.440. The van der Waals surface area contributed by atoms with Crippen molar-refractivity contribution < 1.29 is 28.7 Å². The second-order valence-electron chi connectivity index (χ2n) is 19.6. The Hall–Kier alpha value is -6.69. The van der Waals surface area contributed by atoms with Crippen LogP contribution in [0.5, 0.6) is 0 Å². The van der Waals surface area contributed by atoms with Gasteiger partial charge in [-0.15, -0.1) is 21.5 Å². The smallest absolute Gasteiger partial charge is 0.258 e. The molecule has 4 amide bonds. The number of hydrogen-bond acceptors (Lipinski definition) is 13. The molecule has 1 aromatic carbocycles. The molecule has 2 saturated carbocycles. The third-order valence-corrected chi connectivity index (χ3v) is 15.6. The van der Waals surface area contributed by atoms with Crippen LogP contribution in [0.2, 0.25) is 0 Å². The molecule has 1 aliphatic heterocycles. The van der Waals surface area contributed by atoms with Gasteiger partial charge in [-0.25, -0.2) is 18.7 Å². The lowest BCUT2D eigenvalue weighted by molar-refractivity contribution is -0.145. The maximum atomic E-state index is 14.8. The average molecular weight is 987 g/mol. The Kier molecular flexibility index (Phi) is 13.5. The molecule has 4 atom stereocenters. The number of nitrogens with one attached hydrogen (secondary N) is 4. The van der Waals surface area contributed by atoms with Crippen LogP contribution >= 0.6 is 22.7 Å². The highest BCUT2D eigenvalue weighted by molar-refractivity contribution is 7.14. The first-order valence-corrected chi connectivity index (χ1v) is 25.2. The molecule has 0 spiro atoms. The molecule has 2 aliphatic carbocycles. The van der Waals surface area contributed by atoms with Gasteiger partial charge in [0.05, 0.1) is 69.9 Å². The molecule has 6 aromatic rings. The zero-order valence-electron chi connectivity index (χ0n) is 39.5. The maximum Gasteiger partial charge on any atom is 0.258 e. The van der Waals surface area contributed by atoms with Gasteiger partial charge in [-0.3, -0.25) is 24.2 Å². The largest absolute Gasteiger partial charge is 0.391 e. The first kappa shape index (κ1) is 48.3. The summed E-state index contributed by atoms with van der Waals surface area (Å²) in [4.78, 5) is 70.2. The van der Waals surface area contributed by atoms with Gasteiger partial charge in [0, 0.05) is 43.9 Å². The number of amides is 4. The molecule has 3 fully saturated rings. The van der Waals surface area contributed by atoms with Crippen molar-refractivity contribution in [3.63, 3.8) is 0 Å². The lowest BCUT2D eigenvalue weighted by Gasteiger charge is -2.36. The van der Waals surface area contributed by atoms with Gasteiger partial charge >= 0.3 is 0 Å². The monoisotopic (exact) mass is 986 g/mol. The Balaban J connectivity index is 0.859. The Bertz CT molecular complexity index is 2980. The van der Waals surface area contributed by atoms with Crippen LogP contribution in [0.3, 0.4) is 0 Å². The van der Waals surface area contributed by atoms with E-state index in [0.29, 0.717) is 29.8 Å². The standard InChI is InChI=1S/C50H55FN12O5S2/c1-27-42(69-26-55-27)29-9-7-28(8-10-29)36(58-44(66)40-20-34(64)25-62(40)47(67)43(49(2,3)4)59-48(68)50(51)17-18-50)22-41(65)57-31-13-11-30(12-14-31)45-60-61-46(70-45)35-24-54-38(21-37(35)53-6)39-16-15-33-19-32(52-5)23-56-63(33)39/h7-10,15-16,19,21,23-24,26,30-31,34,36,40,43,64H,11-14,17-18,20,22,25H2,1-4,6H3,(H,53,54)(H,57,65)(H,58,66)(H,59,68)/t30?,31?,34-,36+,40+,43-/m1/s1. The van der Waals surface area contributed by atoms with E-state index in [1.54, 1.807) is 43.1 Å². The number of alkyl halides is 1. The molecule has 1 saturated heterocycles. The summed E-state index contributed by atoms with van der Waals surface area (Å²) < 4.78 is 16.5. The van der Waals surface area contributed by atoms with E-state index in [2.05, 4.69) is 46.4 Å². The SMILES string of the molecule is [C-]#[N+]c1cnn2c(-c3cc(NC)c(-c4nnc(C5CCC(NC(=O)C[C@H](NC(=O)[C@@H]6C[C@@H](O)CN6C(=O)[C@@H](NC(=O)C6(F)CC6)C(C)(C)C)c6ccc(-c7scnc7C)cc6)CC5)s4)cn3)ccc2c1. The number of nitrogens with zero attached hydrogens (tertiary/aromatic N) is 8. The molecule has 0 bridgehead atoms. The fourth-order valence-electron chi connectivity index (χ4n) is 9.36. The van der Waals surface area contributed by atoms with Crippen molar-refractivity contribution in [3.05, 3.63) is 94.1 Å². The van der Waals surface area contributed by atoms with Crippen LogP contribution in [0, 0.1) is 18.9 Å². The van der Waals surface area contributed by atoms with Crippen LogP contribution in [-0.2, 0) is 19.2 Å². The highest BCUT2D eigenvalue weighted by Crippen LogP contribution is 2.42. The van der Waals surface area contributed by atoms with E-state index in [4.69, 9.17) is 11.6 Å². The van der Waals surface area contributed by atoms with Crippen LogP contribution in [0.15, 0.2) is 66.4 Å². The highest BCUT2D eigenvalue weighted by Gasteiger charge is 2.53. The number of aliphatic hydroxyl groups excluding tert-OH is 1. The van der Waals surface area contributed by atoms with E-state index in [1.165, 1.54) is 33.8 Å². The van der Waals surface area contributed by atoms with Gasteiger partial charge < -0.3 is 31.3 Å². The molecule has 5 aromatic heterocycles. The number of carbonyl (C=O) groups is 4. The van der Waals surface area contributed by atoms with Crippen molar-refractivity contribution in [3.8, 4) is 32.4 Å². The summed E-state index contributed by atoms with van der Waals surface area (Å²) in [5, 5.41) is 38.2. The number of rotatable bonds is 14. The van der Waals surface area contributed by atoms with Crippen molar-refractivity contribution in [2.75, 3.05) is 18.9 Å². The average Bonchev–Trinajstić information content (AvgIpc) is 3.83. The number of hydrogen-bond donors (Lipinski definition) is 5. The summed E-state index contributed by atoms with van der Waals surface area (Å²) in [6, 6.07) is 12.0. The number of aryl methyl sites for hydroxylation is 1. The van der Waals surface area contributed by atoms with Gasteiger partial charge in [-0.2, -0.15) is 5.10 Å². The molecule has 0 radical (unpaired) electrons. The molecule has 20 heteroatoms. The number of aliphatic hydroxyl groups is 1. The van der Waals surface area contributed by atoms with Crippen molar-refractivity contribution in [1.29, 1.82) is 0 Å². The predicted octanol–water partition coefficient (Wildman–Crippen LogP) is 7.32. The molecular formula is C50H55FN12O5S2. The number of thiazole rings is 1. The summed E-state index contributed by atoms with van der Waals surface area (Å²) in [6.45, 7) is 14.3. The van der Waals surface area contributed by atoms with Crippen molar-refractivity contribution in [2.24, 2.45) is 5.41 Å². The van der Waals surface area contributed by atoms with Gasteiger partial charge in [0.2, 0.25) is 23.4 Å². The number of halogens is 1. The molecule has 364 valence electrons. The lowest BCUT2D eigenvalue weighted by atomic mass is 9.85. The molecule has 6 heterocycles. The normalized spacial score (nSPS) is 20.6. The first-order chi connectivity index (χ1) is 33.5. The number of benzene rings is 1. The van der Waals surface area contributed by atoms with Crippen LogP contribution in [0.4, 0.5) is 15.8 Å². The third-order valence-electron chi connectivity index (χ3n) is 13.5. The number of aromatic nitrogens is 6. The first-order valence-electron chi connectivity index (χ1n) is 23.5. The van der Waals surface area contributed by atoms with E-state index in [9.17, 15) is 28.7 Å². The molecule has 0 unspecified atom stereocenters. The summed E-state index contributed by atoms with van der Waals surface area (Å²) in [6.07, 6.45) is 5.33. The molecule has 5 N–H and O–H groups in total. The van der Waals surface area contributed by atoms with Crippen LogP contribution < -0.4 is 21.3 Å². The second kappa shape index (κ2) is 19.6. The van der Waals surface area contributed by atoms with Crippen molar-refractivity contribution >= 4 is 63.2 Å². The van der Waals surface area contributed by atoms with E-state index in [-0.39, 0.29) is 50.1 Å². The van der Waals surface area contributed by atoms with Crippen molar-refractivity contribution in [1.82, 2.24) is 50.6 Å². The number of anilines is 1. The number of fused-ring (bicyclic) bond motifs is 1. The van der Waals surface area contributed by atoms with E-state index >= 15 is 0 Å². The second-order valence-corrected chi connectivity index (χ2v) is 21.5. The number of pyridine rings is 1. The Morgan fingerprint density at radius 3 is 2.43 bits per heavy atom. The highest BCUT2D eigenvalue weighted by atomic mass is 32.1. The van der Waals surface area contributed by atoms with Crippen molar-refractivity contribution in [2.45, 2.75) is 121 Å². The minimum absolute atomic E-state index is 0.0476. The van der Waals surface area contributed by atoms with E-state index < -0.39 is 53.0 Å². The van der Waals surface area contributed by atoms with Crippen LogP contribution in [-0.4, -0.2) is 107 Å². The Labute approximate surface area is 412 Å². The Morgan fingerprint density at radius 2 is 1.76 bits per heavy atom. The number of carbonyl (C=O) groups excluding carboxylic acids is 4. The summed E-state index contributed by atoms with van der Waals surface area (Å²) in [5.41, 5.74) is 5.87. The number of β-amino-alcohol motifs (C(OH)–C–C–N with tert-alkyl or cyclic N) is 1. The van der Waals surface area contributed by atoms with Gasteiger partial charge in [-0.05, 0) is 86.3 Å². The van der Waals surface area contributed by atoms with E-state index in [1.807, 2.05) is 56.4 Å². The zero-order valence-corrected chi connectivity index (χ0v) is 41.2. The molecule has 17 nitrogen and oxygen atoms in total. The maximum absolute atomic E-state index is 14.8. The minimum atomic E-state index is -2.01. The lowest BCUT2D eigenvalue weighted by Crippen LogP contribution is -2.59. The predicted molar refractivity (Wildman–Crippen MR) is 265 cm³/mol. The Morgan fingerprint density at radius 1 is 1.00 bits per heavy atom. The quantitative estimate of drug-likeness (QED) is 0.0682. The molecule has 9 rings (SSSR count). The van der Waals surface area contributed by atoms with Crippen LogP contribution in [0.25, 0.3) is 42.8 Å².